The average molecular weight is 1050 g/mol. The fourth-order valence-corrected chi connectivity index (χ4v) is 8.81. The van der Waals surface area contributed by atoms with Crippen LogP contribution in [0.3, 0.4) is 0 Å². The van der Waals surface area contributed by atoms with Crippen molar-refractivity contribution in [3.05, 3.63) is 192 Å². The van der Waals surface area contributed by atoms with Gasteiger partial charge in [0.1, 0.15) is 23.0 Å². The zero-order valence-electron chi connectivity index (χ0n) is 39.0. The van der Waals surface area contributed by atoms with Gasteiger partial charge in [-0.2, -0.15) is 28.2 Å². The van der Waals surface area contributed by atoms with Crippen molar-refractivity contribution in [1.82, 2.24) is 9.13 Å². The Kier molecular flexibility index (Phi) is 16.0. The molecule has 8 aromatic carbocycles. The summed E-state index contributed by atoms with van der Waals surface area (Å²) >= 11 is 0. The maximum atomic E-state index is 12.1. The van der Waals surface area contributed by atoms with Crippen LogP contribution in [0.15, 0.2) is 170 Å². The third-order valence-corrected chi connectivity index (χ3v) is 11.6. The smallest absolute Gasteiger partial charge is 0.147 e. The van der Waals surface area contributed by atoms with E-state index in [2.05, 4.69) is 119 Å². The van der Waals surface area contributed by atoms with Crippen LogP contribution in [0.25, 0.3) is 87.9 Å². The molecule has 2 heterocycles. The largest absolute Gasteiger partial charge is 0.668 e. The van der Waals surface area contributed by atoms with Crippen molar-refractivity contribution >= 4 is 43.6 Å². The first-order valence-corrected chi connectivity index (χ1v) is 22.4. The summed E-state index contributed by atoms with van der Waals surface area (Å²) in [6, 6.07) is 57.3. The molecule has 10 aromatic rings. The van der Waals surface area contributed by atoms with Gasteiger partial charge in [-0.15, -0.1) is 0 Å². The van der Waals surface area contributed by atoms with E-state index in [0.29, 0.717) is 36.7 Å². The third kappa shape index (κ3) is 9.77. The predicted molar refractivity (Wildman–Crippen MR) is 276 cm³/mol. The predicted octanol–water partition coefficient (Wildman–Crippen LogP) is 14.6. The van der Waals surface area contributed by atoms with Crippen molar-refractivity contribution in [2.75, 3.05) is 41.4 Å². The fraction of sp³-hybridized carbons (Fsp3) is 0.172. The Hall–Kier alpha value is -6.65. The van der Waals surface area contributed by atoms with Gasteiger partial charge in [-0.1, -0.05) is 116 Å². The van der Waals surface area contributed by atoms with Crippen molar-refractivity contribution in [2.24, 2.45) is 0 Å². The molecule has 0 atom stereocenters. The van der Waals surface area contributed by atoms with E-state index in [0.717, 1.165) is 89.2 Å². The number of aromatic hydroxyl groups is 2. The quantitative estimate of drug-likeness (QED) is 0.0996. The Morgan fingerprint density at radius 2 is 0.791 bits per heavy atom. The molecule has 0 amide bonds. The Balaban J connectivity index is 0.000000905. The van der Waals surface area contributed by atoms with Gasteiger partial charge in [0, 0.05) is 76.1 Å². The summed E-state index contributed by atoms with van der Waals surface area (Å²) in [6.07, 6.45) is 1.42. The van der Waals surface area contributed by atoms with Gasteiger partial charge in [0.2, 0.25) is 0 Å². The molecule has 2 N–H and O–H groups in total. The second-order valence-corrected chi connectivity index (χ2v) is 16.2. The first-order chi connectivity index (χ1) is 32.3. The van der Waals surface area contributed by atoms with Crippen LogP contribution in [0.2, 0.25) is 0 Å². The molecule has 8 nitrogen and oxygen atoms in total. The summed E-state index contributed by atoms with van der Waals surface area (Å²) < 4.78 is 17.2. The molecule has 10 rings (SSSR count). The van der Waals surface area contributed by atoms with Crippen molar-refractivity contribution in [1.29, 1.82) is 0 Å². The maximum Gasteiger partial charge on any atom is 0.147 e. The van der Waals surface area contributed by atoms with E-state index in [1.165, 1.54) is 0 Å². The molecule has 0 spiro atoms. The number of phenolic OH excluding ortho intramolecular Hbond substituents is 2. The number of aryl methyl sites for hydroxylation is 2. The van der Waals surface area contributed by atoms with E-state index >= 15 is 0 Å². The molecular weight excluding hydrogens is 995 g/mol. The minimum atomic E-state index is 0. The number of aromatic nitrogens is 2. The van der Waals surface area contributed by atoms with Crippen molar-refractivity contribution in [3.63, 3.8) is 0 Å². The van der Waals surface area contributed by atoms with Crippen LogP contribution in [-0.4, -0.2) is 60.8 Å². The summed E-state index contributed by atoms with van der Waals surface area (Å²) in [5, 5.41) is 35.7. The molecular formula is C58H56HfN4O4-2. The number of hydrogen-bond donors (Lipinski definition) is 2. The van der Waals surface area contributed by atoms with E-state index in [1.807, 2.05) is 84.9 Å². The number of para-hydroxylation sites is 6. The van der Waals surface area contributed by atoms with Gasteiger partial charge in [-0.25, -0.2) is 0 Å². The second-order valence-electron chi connectivity index (χ2n) is 16.2. The van der Waals surface area contributed by atoms with Gasteiger partial charge in [-0.3, -0.25) is 0 Å². The number of phenols is 2. The molecule has 0 aliphatic heterocycles. The molecule has 2 aromatic heterocycles. The maximum absolute atomic E-state index is 12.1. The van der Waals surface area contributed by atoms with Crippen LogP contribution in [-0.2, 0) is 32.3 Å². The Morgan fingerprint density at radius 1 is 0.448 bits per heavy atom. The third-order valence-electron chi connectivity index (χ3n) is 11.6. The minimum Gasteiger partial charge on any atom is -0.668 e. The second kappa shape index (κ2) is 22.2. The molecule has 0 saturated heterocycles. The van der Waals surface area contributed by atoms with Crippen LogP contribution >= 0.6 is 0 Å². The molecule has 67 heavy (non-hydrogen) atoms. The molecule has 0 unspecified atom stereocenters. The van der Waals surface area contributed by atoms with Gasteiger partial charge >= 0.3 is 0 Å². The average Bonchev–Trinajstić information content (AvgIpc) is 3.86. The summed E-state index contributed by atoms with van der Waals surface area (Å²) in [5.41, 5.74) is 10.8. The molecule has 9 heteroatoms. The van der Waals surface area contributed by atoms with Gasteiger partial charge in [0.25, 0.3) is 0 Å². The van der Waals surface area contributed by atoms with Gasteiger partial charge < -0.3 is 39.5 Å². The molecule has 0 fully saturated rings. The van der Waals surface area contributed by atoms with Crippen LogP contribution in [0.1, 0.15) is 24.5 Å². The minimum absolute atomic E-state index is 0. The monoisotopic (exact) mass is 1050 g/mol. The molecule has 338 valence electrons. The Bertz CT molecular complexity index is 3170. The van der Waals surface area contributed by atoms with E-state index in [1.54, 1.807) is 28.2 Å². The SMILES string of the molecule is CCc1cc(-c2ccccc2OCCCOc2ccccc2-c2cc(C)cc(-n3c4ccccc4c4ccccc43)c2O)c(O)c(-n2c3ccccc3c3ccccc32)c1.C[N-]C.C[N-]C.[Hf]. The molecule has 0 radical (unpaired) electrons. The Labute approximate surface area is 412 Å². The van der Waals surface area contributed by atoms with Gasteiger partial charge in [-0.05, 0) is 85.1 Å². The van der Waals surface area contributed by atoms with Crippen molar-refractivity contribution < 1.29 is 45.5 Å². The van der Waals surface area contributed by atoms with Crippen LogP contribution in [0.4, 0.5) is 0 Å². The molecule has 0 aliphatic rings. The van der Waals surface area contributed by atoms with E-state index < -0.39 is 0 Å². The normalized spacial score (nSPS) is 10.9. The van der Waals surface area contributed by atoms with E-state index in [9.17, 15) is 10.2 Å². The van der Waals surface area contributed by atoms with Gasteiger partial charge in [0.05, 0.1) is 46.7 Å². The van der Waals surface area contributed by atoms with E-state index in [4.69, 9.17) is 9.47 Å². The fourth-order valence-electron chi connectivity index (χ4n) is 8.81. The molecule has 0 aliphatic carbocycles. The number of nitrogens with zero attached hydrogens (tertiary/aromatic N) is 4. The summed E-state index contributed by atoms with van der Waals surface area (Å²) in [6.45, 7) is 5.00. The molecule has 0 saturated carbocycles. The summed E-state index contributed by atoms with van der Waals surface area (Å²) in [4.78, 5) is 0. The standard InChI is InChI=1S/C54H44N2O4.2C2H6N.Hf/c1-3-36-33-44(54(58)50(34-36)56-47-25-12-6-19-39(47)40-20-7-13-26-48(40)56)42-22-9-15-28-52(42)60-30-16-29-59-51-27-14-8-21-41(51)43-31-35(2)32-49(53(43)57)55-45-23-10-4-17-37(45)38-18-5-11-24-46(38)55;2*1-3-2;/h4-15,17-28,31-34,57-58H,3,16,29-30H2,1-2H3;2*1-2H3;/q;2*-1;. The number of fused-ring (bicyclic) bond motifs is 6. The number of rotatable bonds is 11. The zero-order chi connectivity index (χ0) is 46.2. The van der Waals surface area contributed by atoms with Crippen LogP contribution in [0, 0.1) is 6.92 Å². The van der Waals surface area contributed by atoms with Crippen LogP contribution < -0.4 is 9.47 Å². The molecule has 0 bridgehead atoms. The number of hydrogen-bond acceptors (Lipinski definition) is 4. The van der Waals surface area contributed by atoms with E-state index in [-0.39, 0.29) is 37.3 Å². The zero-order valence-corrected chi connectivity index (χ0v) is 42.6. The number of benzene rings is 8. The summed E-state index contributed by atoms with van der Waals surface area (Å²) in [5.74, 6) is 1.78. The van der Waals surface area contributed by atoms with Crippen molar-refractivity contribution in [2.45, 2.75) is 26.7 Å². The van der Waals surface area contributed by atoms with Crippen LogP contribution in [0.5, 0.6) is 23.0 Å². The topological polar surface area (TPSA) is 97.0 Å². The van der Waals surface area contributed by atoms with Gasteiger partial charge in [0.15, 0.2) is 0 Å². The first kappa shape index (κ1) is 48.3. The first-order valence-electron chi connectivity index (χ1n) is 22.4. The Morgan fingerprint density at radius 3 is 1.19 bits per heavy atom. The summed E-state index contributed by atoms with van der Waals surface area (Å²) in [7, 11) is 7.00. The van der Waals surface area contributed by atoms with Crippen molar-refractivity contribution in [3.8, 4) is 56.6 Å². The number of ether oxygens (including phenoxy) is 2.